The summed E-state index contributed by atoms with van der Waals surface area (Å²) in [7, 11) is 0. The van der Waals surface area contributed by atoms with Crippen LogP contribution >= 0.6 is 0 Å². The summed E-state index contributed by atoms with van der Waals surface area (Å²) in [5, 5.41) is 8.76. The van der Waals surface area contributed by atoms with Gasteiger partial charge in [-0.25, -0.2) is 0 Å². The van der Waals surface area contributed by atoms with E-state index in [0.29, 0.717) is 5.75 Å². The first-order chi connectivity index (χ1) is 3.79. The number of aromatic hydroxyl groups is 1. The van der Waals surface area contributed by atoms with Crippen LogP contribution in [0.2, 0.25) is 0 Å². The number of phenolic OH excluding ortho intramolecular Hbond substituents is 1. The Hall–Kier alpha value is 0.266. The van der Waals surface area contributed by atoms with Crippen LogP contribution in [0.15, 0.2) is 24.3 Å². The van der Waals surface area contributed by atoms with E-state index < -0.39 is 0 Å². The second-order valence-corrected chi connectivity index (χ2v) is 1.84. The SMILES string of the molecule is Cc1ccc(O)cc1.[Br-].[Mg+2]. The Morgan fingerprint density at radius 2 is 1.50 bits per heavy atom. The zero-order valence-electron chi connectivity index (χ0n) is 5.84. The van der Waals surface area contributed by atoms with Gasteiger partial charge in [-0.05, 0) is 19.1 Å². The average molecular weight is 212 g/mol. The van der Waals surface area contributed by atoms with Crippen molar-refractivity contribution < 1.29 is 22.1 Å². The van der Waals surface area contributed by atoms with Crippen LogP contribution in [-0.2, 0) is 0 Å². The first-order valence-corrected chi connectivity index (χ1v) is 2.54. The van der Waals surface area contributed by atoms with Crippen molar-refractivity contribution in [3.05, 3.63) is 29.8 Å². The molecule has 0 heterocycles. The molecule has 0 aliphatic heterocycles. The van der Waals surface area contributed by atoms with Gasteiger partial charge in [0.25, 0.3) is 0 Å². The van der Waals surface area contributed by atoms with Gasteiger partial charge in [-0.3, -0.25) is 0 Å². The summed E-state index contributed by atoms with van der Waals surface area (Å²) in [6.07, 6.45) is 0. The Morgan fingerprint density at radius 1 is 1.10 bits per heavy atom. The van der Waals surface area contributed by atoms with E-state index in [1.807, 2.05) is 19.1 Å². The van der Waals surface area contributed by atoms with E-state index in [2.05, 4.69) is 0 Å². The molecule has 0 aliphatic rings. The van der Waals surface area contributed by atoms with Gasteiger partial charge in [0, 0.05) is 0 Å². The number of halogens is 1. The van der Waals surface area contributed by atoms with Crippen molar-refractivity contribution in [3.63, 3.8) is 0 Å². The van der Waals surface area contributed by atoms with Crippen LogP contribution in [0.1, 0.15) is 5.56 Å². The molecule has 1 aromatic carbocycles. The van der Waals surface area contributed by atoms with Gasteiger partial charge in [0.15, 0.2) is 0 Å². The summed E-state index contributed by atoms with van der Waals surface area (Å²) >= 11 is 0. The Bertz CT molecular complexity index is 152. The fourth-order valence-corrected chi connectivity index (χ4v) is 0.545. The molecule has 0 aliphatic carbocycles. The van der Waals surface area contributed by atoms with Crippen molar-refractivity contribution in [1.29, 1.82) is 0 Å². The second-order valence-electron chi connectivity index (χ2n) is 1.84. The van der Waals surface area contributed by atoms with Crippen LogP contribution in [0.25, 0.3) is 0 Å². The van der Waals surface area contributed by atoms with E-state index in [-0.39, 0.29) is 40.0 Å². The molecule has 0 saturated carbocycles. The zero-order chi connectivity index (χ0) is 5.98. The van der Waals surface area contributed by atoms with Gasteiger partial charge >= 0.3 is 23.1 Å². The van der Waals surface area contributed by atoms with Crippen LogP contribution in [0.4, 0.5) is 0 Å². The topological polar surface area (TPSA) is 20.2 Å². The predicted molar refractivity (Wildman–Crippen MR) is 38.6 cm³/mol. The average Bonchev–Trinajstić information content (AvgIpc) is 1.77. The molecule has 1 N–H and O–H groups in total. The standard InChI is InChI=1S/C7H8O.BrH.Mg/c1-6-2-4-7(8)5-3-6;;/h2-5,8H,1H3;1H;/q;;+2/p-1. The Balaban J connectivity index is 0. The molecule has 0 unspecified atom stereocenters. The van der Waals surface area contributed by atoms with Crippen LogP contribution in [0, 0.1) is 6.92 Å². The maximum absolute atomic E-state index is 8.76. The van der Waals surface area contributed by atoms with Crippen molar-refractivity contribution in [1.82, 2.24) is 0 Å². The number of hydrogen-bond acceptors (Lipinski definition) is 1. The van der Waals surface area contributed by atoms with Crippen molar-refractivity contribution in [3.8, 4) is 5.75 Å². The molecule has 50 valence electrons. The van der Waals surface area contributed by atoms with E-state index >= 15 is 0 Å². The van der Waals surface area contributed by atoms with Crippen LogP contribution in [-0.4, -0.2) is 28.2 Å². The van der Waals surface area contributed by atoms with E-state index in [1.165, 1.54) is 5.56 Å². The number of benzene rings is 1. The van der Waals surface area contributed by atoms with Gasteiger partial charge < -0.3 is 22.1 Å². The minimum atomic E-state index is 0. The minimum absolute atomic E-state index is 0. The maximum Gasteiger partial charge on any atom is 2.00 e. The van der Waals surface area contributed by atoms with Gasteiger partial charge in [-0.1, -0.05) is 17.7 Å². The molecule has 10 heavy (non-hydrogen) atoms. The number of hydrogen-bond donors (Lipinski definition) is 1. The van der Waals surface area contributed by atoms with Crippen molar-refractivity contribution >= 4 is 23.1 Å². The smallest absolute Gasteiger partial charge is 1.00 e. The van der Waals surface area contributed by atoms with Crippen molar-refractivity contribution in [2.45, 2.75) is 6.92 Å². The fourth-order valence-electron chi connectivity index (χ4n) is 0.545. The number of rotatable bonds is 0. The van der Waals surface area contributed by atoms with Crippen LogP contribution < -0.4 is 17.0 Å². The third-order valence-electron chi connectivity index (χ3n) is 1.03. The Labute approximate surface area is 87.4 Å². The molecule has 0 amide bonds. The van der Waals surface area contributed by atoms with Crippen LogP contribution in [0.5, 0.6) is 5.75 Å². The second kappa shape index (κ2) is 6.01. The fraction of sp³-hybridized carbons (Fsp3) is 0.143. The summed E-state index contributed by atoms with van der Waals surface area (Å²) in [6, 6.07) is 7.09. The van der Waals surface area contributed by atoms with E-state index in [0.717, 1.165) is 0 Å². The van der Waals surface area contributed by atoms with Gasteiger partial charge in [0.2, 0.25) is 0 Å². The quantitative estimate of drug-likeness (QED) is 0.510. The van der Waals surface area contributed by atoms with Gasteiger partial charge in [0.05, 0.1) is 0 Å². The molecule has 0 radical (unpaired) electrons. The van der Waals surface area contributed by atoms with Gasteiger partial charge in [-0.15, -0.1) is 0 Å². The largest absolute Gasteiger partial charge is 2.00 e. The molecule has 0 atom stereocenters. The summed E-state index contributed by atoms with van der Waals surface area (Å²) in [5.41, 5.74) is 1.17. The first-order valence-electron chi connectivity index (χ1n) is 2.54. The summed E-state index contributed by atoms with van der Waals surface area (Å²) < 4.78 is 0. The van der Waals surface area contributed by atoms with Gasteiger partial charge in [0.1, 0.15) is 5.75 Å². The molecule has 0 fully saturated rings. The van der Waals surface area contributed by atoms with Crippen LogP contribution in [0.3, 0.4) is 0 Å². The molecular weight excluding hydrogens is 204 g/mol. The molecule has 0 aromatic heterocycles. The minimum Gasteiger partial charge on any atom is -1.00 e. The Morgan fingerprint density at radius 3 is 1.80 bits per heavy atom. The maximum atomic E-state index is 8.76. The molecule has 0 spiro atoms. The third kappa shape index (κ3) is 4.14. The molecule has 1 nitrogen and oxygen atoms in total. The van der Waals surface area contributed by atoms with Crippen molar-refractivity contribution in [2.75, 3.05) is 0 Å². The monoisotopic (exact) mass is 211 g/mol. The number of aryl methyl sites for hydroxylation is 1. The predicted octanol–water partition coefficient (Wildman–Crippen LogP) is -1.68. The molecule has 1 aromatic rings. The van der Waals surface area contributed by atoms with E-state index in [1.54, 1.807) is 12.1 Å². The summed E-state index contributed by atoms with van der Waals surface area (Å²) in [6.45, 7) is 1.99. The van der Waals surface area contributed by atoms with Crippen molar-refractivity contribution in [2.24, 2.45) is 0 Å². The normalized spacial score (nSPS) is 7.30. The number of phenols is 1. The molecular formula is C7H8BrMgO+. The summed E-state index contributed by atoms with van der Waals surface area (Å²) in [5.74, 6) is 0.329. The first kappa shape index (κ1) is 12.9. The zero-order valence-corrected chi connectivity index (χ0v) is 8.84. The molecule has 1 rings (SSSR count). The molecule has 0 saturated heterocycles. The van der Waals surface area contributed by atoms with Gasteiger partial charge in [-0.2, -0.15) is 0 Å². The summed E-state index contributed by atoms with van der Waals surface area (Å²) in [4.78, 5) is 0. The molecule has 0 bridgehead atoms. The van der Waals surface area contributed by atoms with E-state index in [4.69, 9.17) is 5.11 Å². The third-order valence-corrected chi connectivity index (χ3v) is 1.03. The molecule has 3 heteroatoms. The van der Waals surface area contributed by atoms with E-state index in [9.17, 15) is 0 Å². The Kier molecular flexibility index (Phi) is 7.75.